The highest BCUT2D eigenvalue weighted by Gasteiger charge is 2.01. The standard InChI is InChI=1S/C13H14N2O4/c1-18-6-7-19-10-4-2-9(3-5-10)11-8-12(16)15-13(17)14-11/h2-5,8H,6-7H2,1H3,(H2,14,15,16,17). The van der Waals surface area contributed by atoms with E-state index >= 15 is 0 Å². The maximum absolute atomic E-state index is 11.2. The second-order valence-electron chi connectivity index (χ2n) is 3.87. The summed E-state index contributed by atoms with van der Waals surface area (Å²) < 4.78 is 10.3. The van der Waals surface area contributed by atoms with Gasteiger partial charge in [0.15, 0.2) is 0 Å². The maximum Gasteiger partial charge on any atom is 0.326 e. The van der Waals surface area contributed by atoms with E-state index in [0.29, 0.717) is 24.7 Å². The van der Waals surface area contributed by atoms with Crippen molar-refractivity contribution in [1.29, 1.82) is 0 Å². The number of H-pyrrole nitrogens is 2. The third-order valence-corrected chi connectivity index (χ3v) is 2.48. The number of nitrogens with one attached hydrogen (secondary N) is 2. The van der Waals surface area contributed by atoms with Gasteiger partial charge in [0.05, 0.1) is 12.3 Å². The lowest BCUT2D eigenvalue weighted by molar-refractivity contribution is 0.146. The predicted octanol–water partition coefficient (Wildman–Crippen LogP) is 0.755. The average molecular weight is 262 g/mol. The summed E-state index contributed by atoms with van der Waals surface area (Å²) in [5.74, 6) is 0.702. The first-order chi connectivity index (χ1) is 9.19. The molecule has 6 nitrogen and oxygen atoms in total. The normalized spacial score (nSPS) is 10.4. The van der Waals surface area contributed by atoms with Gasteiger partial charge in [0.2, 0.25) is 0 Å². The smallest absolute Gasteiger partial charge is 0.326 e. The third kappa shape index (κ3) is 3.56. The fraction of sp³-hybridized carbons (Fsp3) is 0.231. The highest BCUT2D eigenvalue weighted by atomic mass is 16.5. The van der Waals surface area contributed by atoms with Crippen molar-refractivity contribution in [2.75, 3.05) is 20.3 Å². The zero-order valence-electron chi connectivity index (χ0n) is 10.4. The summed E-state index contributed by atoms with van der Waals surface area (Å²) in [6.45, 7) is 0.987. The van der Waals surface area contributed by atoms with Crippen LogP contribution < -0.4 is 16.0 Å². The van der Waals surface area contributed by atoms with E-state index in [2.05, 4.69) is 9.97 Å². The van der Waals surface area contributed by atoms with Gasteiger partial charge in [0, 0.05) is 13.2 Å². The SMILES string of the molecule is COCCOc1ccc(-c2cc(=O)[nH]c(=O)[nH]2)cc1. The molecule has 2 aromatic rings. The maximum atomic E-state index is 11.2. The first-order valence-corrected chi connectivity index (χ1v) is 5.75. The molecule has 0 aliphatic rings. The van der Waals surface area contributed by atoms with Gasteiger partial charge in [-0.3, -0.25) is 9.78 Å². The molecule has 0 radical (unpaired) electrons. The van der Waals surface area contributed by atoms with Crippen molar-refractivity contribution in [3.8, 4) is 17.0 Å². The summed E-state index contributed by atoms with van der Waals surface area (Å²) in [4.78, 5) is 27.1. The molecule has 0 bridgehead atoms. The minimum absolute atomic E-state index is 0.431. The predicted molar refractivity (Wildman–Crippen MR) is 70.5 cm³/mol. The van der Waals surface area contributed by atoms with E-state index in [0.717, 1.165) is 5.56 Å². The lowest BCUT2D eigenvalue weighted by Gasteiger charge is -2.06. The number of benzene rings is 1. The monoisotopic (exact) mass is 262 g/mol. The Hall–Kier alpha value is -2.34. The quantitative estimate of drug-likeness (QED) is 0.779. The molecule has 1 heterocycles. The van der Waals surface area contributed by atoms with Crippen LogP contribution in [0.4, 0.5) is 0 Å². The van der Waals surface area contributed by atoms with Crippen LogP contribution in [0.25, 0.3) is 11.3 Å². The summed E-state index contributed by atoms with van der Waals surface area (Å²) in [5, 5.41) is 0. The highest BCUT2D eigenvalue weighted by Crippen LogP contribution is 2.18. The van der Waals surface area contributed by atoms with Crippen molar-refractivity contribution < 1.29 is 9.47 Å². The molecule has 100 valence electrons. The van der Waals surface area contributed by atoms with Crippen molar-refractivity contribution in [2.24, 2.45) is 0 Å². The summed E-state index contributed by atoms with van der Waals surface area (Å²) in [6, 6.07) is 8.41. The molecule has 2 rings (SSSR count). The van der Waals surface area contributed by atoms with Crippen molar-refractivity contribution in [3.05, 3.63) is 51.2 Å². The summed E-state index contributed by atoms with van der Waals surface area (Å²) >= 11 is 0. The largest absolute Gasteiger partial charge is 0.491 e. The van der Waals surface area contributed by atoms with Crippen molar-refractivity contribution in [3.63, 3.8) is 0 Å². The zero-order valence-corrected chi connectivity index (χ0v) is 10.4. The Balaban J connectivity index is 2.17. The van der Waals surface area contributed by atoms with E-state index in [9.17, 15) is 9.59 Å². The molecule has 6 heteroatoms. The molecular formula is C13H14N2O4. The molecular weight excluding hydrogens is 248 g/mol. The van der Waals surface area contributed by atoms with E-state index in [4.69, 9.17) is 9.47 Å². The molecule has 0 fully saturated rings. The highest BCUT2D eigenvalue weighted by molar-refractivity contribution is 5.59. The molecule has 0 aliphatic heterocycles. The topological polar surface area (TPSA) is 84.2 Å². The van der Waals surface area contributed by atoms with Gasteiger partial charge in [0.25, 0.3) is 5.56 Å². The zero-order chi connectivity index (χ0) is 13.7. The van der Waals surface area contributed by atoms with E-state index in [-0.39, 0.29) is 0 Å². The number of ether oxygens (including phenoxy) is 2. The fourth-order valence-corrected chi connectivity index (χ4v) is 1.60. The molecule has 1 aromatic carbocycles. The second-order valence-corrected chi connectivity index (χ2v) is 3.87. The number of methoxy groups -OCH3 is 1. The van der Waals surface area contributed by atoms with Crippen LogP contribution in [0.5, 0.6) is 5.75 Å². The van der Waals surface area contributed by atoms with Gasteiger partial charge < -0.3 is 14.5 Å². The Morgan fingerprint density at radius 1 is 1.05 bits per heavy atom. The van der Waals surface area contributed by atoms with Gasteiger partial charge in [-0.1, -0.05) is 0 Å². The molecule has 1 aromatic heterocycles. The molecule has 0 saturated heterocycles. The van der Waals surface area contributed by atoms with Crippen LogP contribution in [0.2, 0.25) is 0 Å². The molecule has 2 N–H and O–H groups in total. The third-order valence-electron chi connectivity index (χ3n) is 2.48. The van der Waals surface area contributed by atoms with E-state index in [1.54, 1.807) is 31.4 Å². The Morgan fingerprint density at radius 2 is 1.79 bits per heavy atom. The molecule has 0 atom stereocenters. The number of aromatic amines is 2. The summed E-state index contributed by atoms with van der Waals surface area (Å²) in [7, 11) is 1.61. The second kappa shape index (κ2) is 6.01. The molecule has 0 spiro atoms. The molecule has 0 saturated carbocycles. The number of rotatable bonds is 5. The van der Waals surface area contributed by atoms with Crippen LogP contribution >= 0.6 is 0 Å². The first-order valence-electron chi connectivity index (χ1n) is 5.75. The molecule has 0 aliphatic carbocycles. The Labute approximate surface area is 109 Å². The van der Waals surface area contributed by atoms with Crippen molar-refractivity contribution >= 4 is 0 Å². The minimum Gasteiger partial charge on any atom is -0.491 e. The van der Waals surface area contributed by atoms with Gasteiger partial charge in [0.1, 0.15) is 12.4 Å². The van der Waals surface area contributed by atoms with Crippen LogP contribution in [-0.4, -0.2) is 30.3 Å². The Kier molecular flexibility index (Phi) is 4.15. The molecule has 19 heavy (non-hydrogen) atoms. The van der Waals surface area contributed by atoms with Crippen LogP contribution in [0.1, 0.15) is 0 Å². The molecule has 0 unspecified atom stereocenters. The van der Waals surface area contributed by atoms with Gasteiger partial charge in [-0.15, -0.1) is 0 Å². The lowest BCUT2D eigenvalue weighted by Crippen LogP contribution is -2.21. The van der Waals surface area contributed by atoms with Crippen LogP contribution in [0, 0.1) is 0 Å². The number of hydrogen-bond donors (Lipinski definition) is 2. The summed E-state index contributed by atoms with van der Waals surface area (Å²) in [6.07, 6.45) is 0. The number of hydrogen-bond acceptors (Lipinski definition) is 4. The van der Waals surface area contributed by atoms with Crippen LogP contribution in [-0.2, 0) is 4.74 Å². The molecule has 0 amide bonds. The minimum atomic E-state index is -0.525. The van der Waals surface area contributed by atoms with E-state index < -0.39 is 11.2 Å². The summed E-state index contributed by atoms with van der Waals surface area (Å²) in [5.41, 5.74) is 0.251. The van der Waals surface area contributed by atoms with Crippen molar-refractivity contribution in [1.82, 2.24) is 9.97 Å². The van der Waals surface area contributed by atoms with Gasteiger partial charge in [-0.05, 0) is 29.8 Å². The Morgan fingerprint density at radius 3 is 2.42 bits per heavy atom. The van der Waals surface area contributed by atoms with Gasteiger partial charge in [-0.2, -0.15) is 0 Å². The van der Waals surface area contributed by atoms with E-state index in [1.807, 2.05) is 0 Å². The van der Waals surface area contributed by atoms with Crippen molar-refractivity contribution in [2.45, 2.75) is 0 Å². The van der Waals surface area contributed by atoms with Crippen LogP contribution in [0.15, 0.2) is 39.9 Å². The Bertz CT molecular complexity index is 614. The fourth-order valence-electron chi connectivity index (χ4n) is 1.60. The lowest BCUT2D eigenvalue weighted by atomic mass is 10.1. The van der Waals surface area contributed by atoms with E-state index in [1.165, 1.54) is 6.07 Å². The van der Waals surface area contributed by atoms with Crippen LogP contribution in [0.3, 0.4) is 0 Å². The average Bonchev–Trinajstić information content (AvgIpc) is 2.39. The number of aromatic nitrogens is 2. The van der Waals surface area contributed by atoms with Gasteiger partial charge in [-0.25, -0.2) is 4.79 Å². The first kappa shape index (κ1) is 13.1. The van der Waals surface area contributed by atoms with Gasteiger partial charge >= 0.3 is 5.69 Å².